The van der Waals surface area contributed by atoms with Crippen LogP contribution in [0.5, 0.6) is 0 Å². The average molecular weight is 360 g/mol. The van der Waals surface area contributed by atoms with Crippen molar-refractivity contribution in [3.63, 3.8) is 0 Å². The fraction of sp³-hybridized carbons (Fsp3) is 0.231. The molecule has 11 heteroatoms. The number of primary amides is 1. The lowest BCUT2D eigenvalue weighted by Gasteiger charge is -2.10. The van der Waals surface area contributed by atoms with Gasteiger partial charge in [0.1, 0.15) is 6.54 Å². The van der Waals surface area contributed by atoms with Crippen LogP contribution >= 0.6 is 11.3 Å². The van der Waals surface area contributed by atoms with E-state index in [0.29, 0.717) is 22.5 Å². The summed E-state index contributed by atoms with van der Waals surface area (Å²) >= 11 is 1.02. The van der Waals surface area contributed by atoms with E-state index >= 15 is 0 Å². The van der Waals surface area contributed by atoms with E-state index in [1.165, 1.54) is 5.38 Å². The Kier molecular flexibility index (Phi) is 5.02. The molecule has 0 aliphatic heterocycles. The zero-order valence-electron chi connectivity index (χ0n) is 12.0. The first-order valence-corrected chi connectivity index (χ1v) is 7.33. The molecule has 0 aromatic carbocycles. The summed E-state index contributed by atoms with van der Waals surface area (Å²) in [5.41, 5.74) is 3.59. The minimum Gasteiger partial charge on any atom is -0.369 e. The molecule has 24 heavy (non-hydrogen) atoms. The van der Waals surface area contributed by atoms with Crippen molar-refractivity contribution in [2.45, 2.75) is 19.1 Å². The van der Waals surface area contributed by atoms with E-state index in [1.54, 1.807) is 0 Å². The van der Waals surface area contributed by atoms with Crippen molar-refractivity contribution in [3.05, 3.63) is 45.3 Å². The molecule has 0 saturated heterocycles. The number of halogens is 3. The van der Waals surface area contributed by atoms with E-state index < -0.39 is 35.7 Å². The quantitative estimate of drug-likeness (QED) is 0.829. The number of hydrogen-bond donors (Lipinski definition) is 2. The number of nitrogens with two attached hydrogens (primary N) is 1. The van der Waals surface area contributed by atoms with Crippen molar-refractivity contribution in [2.24, 2.45) is 5.73 Å². The number of amides is 2. The Labute approximate surface area is 136 Å². The molecular formula is C13H11F3N4O3S. The van der Waals surface area contributed by atoms with Crippen LogP contribution in [0.25, 0.3) is 0 Å². The predicted octanol–water partition coefficient (Wildman–Crippen LogP) is 0.990. The number of hydrogen-bond acceptors (Lipinski definition) is 5. The Morgan fingerprint density at radius 1 is 1.33 bits per heavy atom. The number of anilines is 1. The fourth-order valence-electron chi connectivity index (χ4n) is 1.76. The molecule has 0 unspecified atom stereocenters. The van der Waals surface area contributed by atoms with E-state index in [4.69, 9.17) is 5.73 Å². The van der Waals surface area contributed by atoms with Crippen LogP contribution in [0.3, 0.4) is 0 Å². The lowest BCUT2D eigenvalue weighted by molar-refractivity contribution is -0.138. The summed E-state index contributed by atoms with van der Waals surface area (Å²) in [5.74, 6) is -1.31. The second-order valence-electron chi connectivity index (χ2n) is 4.72. The molecule has 0 radical (unpaired) electrons. The second-order valence-corrected chi connectivity index (χ2v) is 5.58. The maximum atomic E-state index is 12.6. The van der Waals surface area contributed by atoms with E-state index in [2.05, 4.69) is 10.3 Å². The highest BCUT2D eigenvalue weighted by molar-refractivity contribution is 7.13. The lowest BCUT2D eigenvalue weighted by Crippen LogP contribution is -2.28. The summed E-state index contributed by atoms with van der Waals surface area (Å²) in [6.45, 7) is -0.604. The zero-order chi connectivity index (χ0) is 17.9. The van der Waals surface area contributed by atoms with Gasteiger partial charge >= 0.3 is 6.18 Å². The summed E-state index contributed by atoms with van der Waals surface area (Å²) in [7, 11) is 0. The highest BCUT2D eigenvalue weighted by Crippen LogP contribution is 2.28. The van der Waals surface area contributed by atoms with Crippen LogP contribution in [0.15, 0.2) is 28.5 Å². The molecule has 0 saturated carbocycles. The third kappa shape index (κ3) is 4.65. The molecule has 2 rings (SSSR count). The van der Waals surface area contributed by atoms with Gasteiger partial charge in [-0.1, -0.05) is 0 Å². The Morgan fingerprint density at radius 2 is 2.04 bits per heavy atom. The van der Waals surface area contributed by atoms with Crippen LogP contribution in [0.4, 0.5) is 18.3 Å². The molecule has 2 amide bonds. The SMILES string of the molecule is NC(=O)Cc1csc(NC(=O)Cn2cc(C(F)(F)F)ccc2=O)n1. The standard InChI is InChI=1S/C13H11F3N4O3S/c14-13(15,16)7-1-2-11(23)20(4-7)5-10(22)19-12-18-8(6-24-12)3-9(17)21/h1-2,4,6H,3,5H2,(H2,17,21)(H,18,19,22). The normalized spacial score (nSPS) is 11.3. The van der Waals surface area contributed by atoms with Gasteiger partial charge in [-0.25, -0.2) is 4.98 Å². The number of alkyl halides is 3. The van der Waals surface area contributed by atoms with Crippen LogP contribution in [0.1, 0.15) is 11.3 Å². The molecule has 0 bridgehead atoms. The monoisotopic (exact) mass is 360 g/mol. The Balaban J connectivity index is 2.08. The summed E-state index contributed by atoms with van der Waals surface area (Å²) in [4.78, 5) is 38.1. The highest BCUT2D eigenvalue weighted by Gasteiger charge is 2.31. The van der Waals surface area contributed by atoms with Crippen LogP contribution < -0.4 is 16.6 Å². The zero-order valence-corrected chi connectivity index (χ0v) is 12.8. The van der Waals surface area contributed by atoms with Crippen molar-refractivity contribution in [1.29, 1.82) is 0 Å². The minimum absolute atomic E-state index is 0.0978. The fourth-order valence-corrected chi connectivity index (χ4v) is 2.49. The van der Waals surface area contributed by atoms with Gasteiger partial charge in [0.15, 0.2) is 5.13 Å². The van der Waals surface area contributed by atoms with Gasteiger partial charge in [-0.2, -0.15) is 13.2 Å². The van der Waals surface area contributed by atoms with Crippen molar-refractivity contribution >= 4 is 28.3 Å². The summed E-state index contributed by atoms with van der Waals surface area (Å²) in [6, 6.07) is 1.39. The molecule has 7 nitrogen and oxygen atoms in total. The van der Waals surface area contributed by atoms with Gasteiger partial charge in [-0.05, 0) is 6.07 Å². The smallest absolute Gasteiger partial charge is 0.369 e. The minimum atomic E-state index is -4.62. The number of pyridine rings is 1. The summed E-state index contributed by atoms with van der Waals surface area (Å²) in [5, 5.41) is 4.00. The molecule has 2 aromatic heterocycles. The first-order chi connectivity index (χ1) is 11.1. The van der Waals surface area contributed by atoms with Gasteiger partial charge in [-0.15, -0.1) is 11.3 Å². The van der Waals surface area contributed by atoms with Crippen LogP contribution in [-0.4, -0.2) is 21.4 Å². The Morgan fingerprint density at radius 3 is 2.67 bits per heavy atom. The van der Waals surface area contributed by atoms with Crippen molar-refractivity contribution < 1.29 is 22.8 Å². The number of carbonyl (C=O) groups is 2. The maximum absolute atomic E-state index is 12.6. The molecule has 2 aromatic rings. The number of carbonyl (C=O) groups excluding carboxylic acids is 2. The maximum Gasteiger partial charge on any atom is 0.417 e. The third-order valence-electron chi connectivity index (χ3n) is 2.78. The summed E-state index contributed by atoms with van der Waals surface area (Å²) in [6.07, 6.45) is -4.15. The summed E-state index contributed by atoms with van der Waals surface area (Å²) < 4.78 is 38.5. The number of rotatable bonds is 5. The van der Waals surface area contributed by atoms with E-state index in [-0.39, 0.29) is 11.6 Å². The first-order valence-electron chi connectivity index (χ1n) is 6.45. The number of aromatic nitrogens is 2. The van der Waals surface area contributed by atoms with E-state index in [9.17, 15) is 27.6 Å². The van der Waals surface area contributed by atoms with Gasteiger partial charge in [0.2, 0.25) is 11.8 Å². The highest BCUT2D eigenvalue weighted by atomic mass is 32.1. The molecule has 128 valence electrons. The molecule has 2 heterocycles. The van der Waals surface area contributed by atoms with Gasteiger partial charge < -0.3 is 15.6 Å². The molecule has 0 spiro atoms. The van der Waals surface area contributed by atoms with E-state index in [1.807, 2.05) is 0 Å². The average Bonchev–Trinajstić information content (AvgIpc) is 2.86. The van der Waals surface area contributed by atoms with Crippen molar-refractivity contribution in [2.75, 3.05) is 5.32 Å². The van der Waals surface area contributed by atoms with Gasteiger partial charge in [0, 0.05) is 17.6 Å². The second kappa shape index (κ2) is 6.83. The van der Waals surface area contributed by atoms with Gasteiger partial charge in [0.05, 0.1) is 17.7 Å². The molecule has 0 fully saturated rings. The number of nitrogens with one attached hydrogen (secondary N) is 1. The van der Waals surface area contributed by atoms with Crippen molar-refractivity contribution in [1.82, 2.24) is 9.55 Å². The molecular weight excluding hydrogens is 349 g/mol. The number of nitrogens with zero attached hydrogens (tertiary/aromatic N) is 2. The van der Waals surface area contributed by atoms with Gasteiger partial charge in [-0.3, -0.25) is 14.4 Å². The Hall–Kier alpha value is -2.69. The van der Waals surface area contributed by atoms with Crippen LogP contribution in [0.2, 0.25) is 0 Å². The molecule has 0 atom stereocenters. The molecule has 3 N–H and O–H groups in total. The first kappa shape index (κ1) is 17.7. The molecule has 0 aliphatic rings. The van der Waals surface area contributed by atoms with E-state index in [0.717, 1.165) is 17.4 Å². The number of thiazole rings is 1. The Bertz CT molecular complexity index is 828. The van der Waals surface area contributed by atoms with Gasteiger partial charge in [0.25, 0.3) is 5.56 Å². The molecule has 0 aliphatic carbocycles. The lowest BCUT2D eigenvalue weighted by atomic mass is 10.3. The largest absolute Gasteiger partial charge is 0.417 e. The third-order valence-corrected chi connectivity index (χ3v) is 3.58. The van der Waals surface area contributed by atoms with Crippen molar-refractivity contribution in [3.8, 4) is 0 Å². The van der Waals surface area contributed by atoms with Crippen LogP contribution in [0, 0.1) is 0 Å². The predicted molar refractivity (Wildman–Crippen MR) is 79.3 cm³/mol. The van der Waals surface area contributed by atoms with Crippen LogP contribution in [-0.2, 0) is 28.7 Å². The topological polar surface area (TPSA) is 107 Å².